The molecule has 2 aromatic heterocycles. The zero-order valence-electron chi connectivity index (χ0n) is 21.0. The lowest BCUT2D eigenvalue weighted by Crippen LogP contribution is -2.46. The van der Waals surface area contributed by atoms with Crippen LogP contribution < -0.4 is 10.1 Å². The van der Waals surface area contributed by atoms with Crippen LogP contribution in [0.4, 0.5) is 4.39 Å². The largest absolute Gasteiger partial charge is 0.492 e. The number of amides is 2. The zero-order valence-corrected chi connectivity index (χ0v) is 21.0. The highest BCUT2D eigenvalue weighted by molar-refractivity contribution is 6.09. The fourth-order valence-corrected chi connectivity index (χ4v) is 4.84. The van der Waals surface area contributed by atoms with E-state index < -0.39 is 5.82 Å². The van der Waals surface area contributed by atoms with Gasteiger partial charge in [-0.3, -0.25) is 9.59 Å². The standard InChI is InChI=1S/C27H32FN5O3/c1-4-20(34)33-11-9-18(10-12-33)32-27(35)21-16(3)31-26-24(21)29-14-30-25(26)22-19(36-13-17-6-7-17)8-5-15(2)23(22)28/h5,8,14,17-18,31H,4,6-7,9-13H2,1-3H3,(H,32,35). The Kier molecular flexibility index (Phi) is 6.64. The van der Waals surface area contributed by atoms with Crippen LogP contribution in [0.3, 0.4) is 0 Å². The number of rotatable bonds is 7. The number of benzene rings is 1. The van der Waals surface area contributed by atoms with Crippen LogP contribution in [0.5, 0.6) is 5.75 Å². The van der Waals surface area contributed by atoms with Gasteiger partial charge in [0, 0.05) is 31.2 Å². The molecular formula is C27H32FN5O3. The number of carbonyl (C=O) groups excluding carboxylic acids is 2. The summed E-state index contributed by atoms with van der Waals surface area (Å²) in [6.07, 6.45) is 5.52. The first-order chi connectivity index (χ1) is 17.4. The topological polar surface area (TPSA) is 100 Å². The maximum Gasteiger partial charge on any atom is 0.255 e. The third-order valence-corrected chi connectivity index (χ3v) is 7.19. The van der Waals surface area contributed by atoms with E-state index in [2.05, 4.69) is 20.3 Å². The normalized spacial score (nSPS) is 16.4. The van der Waals surface area contributed by atoms with Gasteiger partial charge in [0.1, 0.15) is 29.1 Å². The molecule has 0 radical (unpaired) electrons. The van der Waals surface area contributed by atoms with Gasteiger partial charge >= 0.3 is 0 Å². The number of ether oxygens (including phenoxy) is 1. The zero-order chi connectivity index (χ0) is 25.4. The SMILES string of the molecule is CCC(=O)N1CCC(NC(=O)c2c(C)[nH]c3c(-c4c(OCC5CC5)ccc(C)c4F)ncnc23)CC1. The first-order valence-electron chi connectivity index (χ1n) is 12.7. The number of carbonyl (C=O) groups is 2. The van der Waals surface area contributed by atoms with Gasteiger partial charge in [-0.2, -0.15) is 0 Å². The van der Waals surface area contributed by atoms with Crippen LogP contribution in [0.15, 0.2) is 18.5 Å². The molecule has 0 unspecified atom stereocenters. The van der Waals surface area contributed by atoms with Crippen molar-refractivity contribution in [3.05, 3.63) is 41.1 Å². The molecule has 1 aliphatic heterocycles. The van der Waals surface area contributed by atoms with Crippen LogP contribution in [-0.4, -0.2) is 57.4 Å². The van der Waals surface area contributed by atoms with Gasteiger partial charge in [0.15, 0.2) is 0 Å². The number of aromatic nitrogens is 3. The molecule has 36 heavy (non-hydrogen) atoms. The van der Waals surface area contributed by atoms with E-state index in [9.17, 15) is 9.59 Å². The number of hydrogen-bond donors (Lipinski definition) is 2. The number of hydrogen-bond acceptors (Lipinski definition) is 5. The van der Waals surface area contributed by atoms with Crippen molar-refractivity contribution in [1.29, 1.82) is 0 Å². The number of nitrogens with one attached hydrogen (secondary N) is 2. The highest BCUT2D eigenvalue weighted by Gasteiger charge is 2.28. The summed E-state index contributed by atoms with van der Waals surface area (Å²) in [5, 5.41) is 3.11. The number of aryl methyl sites for hydroxylation is 2. The number of H-pyrrole nitrogens is 1. The Morgan fingerprint density at radius 3 is 2.61 bits per heavy atom. The Hall–Kier alpha value is -3.49. The average molecular weight is 494 g/mol. The molecule has 2 amide bonds. The number of piperidine rings is 1. The molecule has 190 valence electrons. The van der Waals surface area contributed by atoms with Gasteiger partial charge in [-0.1, -0.05) is 13.0 Å². The maximum absolute atomic E-state index is 15.4. The summed E-state index contributed by atoms with van der Waals surface area (Å²) in [6, 6.07) is 3.46. The second-order valence-corrected chi connectivity index (χ2v) is 9.88. The molecule has 1 saturated carbocycles. The van der Waals surface area contributed by atoms with Gasteiger partial charge in [0.25, 0.3) is 5.91 Å². The molecule has 9 heteroatoms. The van der Waals surface area contributed by atoms with Gasteiger partial charge in [-0.05, 0) is 57.1 Å². The lowest BCUT2D eigenvalue weighted by molar-refractivity contribution is -0.131. The fourth-order valence-electron chi connectivity index (χ4n) is 4.84. The van der Waals surface area contributed by atoms with Crippen molar-refractivity contribution in [1.82, 2.24) is 25.2 Å². The first kappa shape index (κ1) is 24.2. The van der Waals surface area contributed by atoms with Gasteiger partial charge in [0.05, 0.1) is 23.3 Å². The van der Waals surface area contributed by atoms with Crippen molar-refractivity contribution < 1.29 is 18.7 Å². The van der Waals surface area contributed by atoms with E-state index >= 15 is 4.39 Å². The van der Waals surface area contributed by atoms with Crippen molar-refractivity contribution in [2.45, 2.75) is 58.9 Å². The molecule has 1 aromatic carbocycles. The number of aromatic amines is 1. The Morgan fingerprint density at radius 2 is 1.92 bits per heavy atom. The molecule has 3 aromatic rings. The van der Waals surface area contributed by atoms with E-state index in [1.165, 1.54) is 6.33 Å². The second kappa shape index (κ2) is 9.87. The molecule has 1 aliphatic carbocycles. The highest BCUT2D eigenvalue weighted by Crippen LogP contribution is 2.39. The number of nitrogens with zero attached hydrogens (tertiary/aromatic N) is 3. The third kappa shape index (κ3) is 4.66. The second-order valence-electron chi connectivity index (χ2n) is 9.88. The van der Waals surface area contributed by atoms with E-state index in [-0.39, 0.29) is 23.4 Å². The molecule has 2 N–H and O–H groups in total. The molecular weight excluding hydrogens is 461 g/mol. The predicted molar refractivity (Wildman–Crippen MR) is 134 cm³/mol. The molecule has 8 nitrogen and oxygen atoms in total. The van der Waals surface area contributed by atoms with Crippen molar-refractivity contribution >= 4 is 22.8 Å². The predicted octanol–water partition coefficient (Wildman–Crippen LogP) is 4.30. The van der Waals surface area contributed by atoms with Crippen molar-refractivity contribution in [2.75, 3.05) is 19.7 Å². The fraction of sp³-hybridized carbons (Fsp3) is 0.481. The number of halogens is 1. The molecule has 0 bridgehead atoms. The molecule has 0 atom stereocenters. The van der Waals surface area contributed by atoms with E-state index in [0.717, 1.165) is 12.8 Å². The monoisotopic (exact) mass is 493 g/mol. The van der Waals surface area contributed by atoms with Crippen LogP contribution in [0, 0.1) is 25.6 Å². The van der Waals surface area contributed by atoms with Crippen LogP contribution >= 0.6 is 0 Å². The Bertz CT molecular complexity index is 1310. The Labute approximate surface area is 209 Å². The molecule has 2 fully saturated rings. The highest BCUT2D eigenvalue weighted by atomic mass is 19.1. The summed E-state index contributed by atoms with van der Waals surface area (Å²) < 4.78 is 21.4. The van der Waals surface area contributed by atoms with Crippen LogP contribution in [-0.2, 0) is 4.79 Å². The smallest absolute Gasteiger partial charge is 0.255 e. The molecule has 0 spiro atoms. The summed E-state index contributed by atoms with van der Waals surface area (Å²) in [7, 11) is 0. The first-order valence-corrected chi connectivity index (χ1v) is 12.7. The lowest BCUT2D eigenvalue weighted by atomic mass is 10.0. The Morgan fingerprint density at radius 1 is 1.17 bits per heavy atom. The summed E-state index contributed by atoms with van der Waals surface area (Å²) in [5.41, 5.74) is 3.16. The van der Waals surface area contributed by atoms with Crippen LogP contribution in [0.2, 0.25) is 0 Å². The van der Waals surface area contributed by atoms with Crippen molar-refractivity contribution in [3.8, 4) is 17.0 Å². The van der Waals surface area contributed by atoms with Crippen molar-refractivity contribution in [2.24, 2.45) is 5.92 Å². The van der Waals surface area contributed by atoms with Gasteiger partial charge in [0.2, 0.25) is 5.91 Å². The summed E-state index contributed by atoms with van der Waals surface area (Å²) in [5.74, 6) is 0.466. The van der Waals surface area contributed by atoms with Crippen molar-refractivity contribution in [3.63, 3.8) is 0 Å². The molecule has 1 saturated heterocycles. The summed E-state index contributed by atoms with van der Waals surface area (Å²) >= 11 is 0. The van der Waals surface area contributed by atoms with E-state index in [0.29, 0.717) is 84.2 Å². The van der Waals surface area contributed by atoms with Gasteiger partial charge in [-0.15, -0.1) is 0 Å². The number of likely N-dealkylation sites (tertiary alicyclic amines) is 1. The minimum atomic E-state index is -0.394. The molecule has 5 rings (SSSR count). The lowest BCUT2D eigenvalue weighted by Gasteiger charge is -2.32. The van der Waals surface area contributed by atoms with Crippen LogP contribution in [0.1, 0.15) is 60.6 Å². The summed E-state index contributed by atoms with van der Waals surface area (Å²) in [6.45, 7) is 7.18. The third-order valence-electron chi connectivity index (χ3n) is 7.19. The number of fused-ring (bicyclic) bond motifs is 1. The van der Waals surface area contributed by atoms with Gasteiger partial charge in [-0.25, -0.2) is 14.4 Å². The summed E-state index contributed by atoms with van der Waals surface area (Å²) in [4.78, 5) is 39.2. The molecule has 3 heterocycles. The van der Waals surface area contributed by atoms with E-state index in [1.807, 2.05) is 11.8 Å². The minimum Gasteiger partial charge on any atom is -0.492 e. The van der Waals surface area contributed by atoms with Crippen LogP contribution in [0.25, 0.3) is 22.3 Å². The van der Waals surface area contributed by atoms with E-state index in [1.54, 1.807) is 26.0 Å². The quantitative estimate of drug-likeness (QED) is 0.511. The Balaban J connectivity index is 1.44. The van der Waals surface area contributed by atoms with E-state index in [4.69, 9.17) is 4.74 Å². The average Bonchev–Trinajstić information content (AvgIpc) is 3.64. The minimum absolute atomic E-state index is 0.0271. The van der Waals surface area contributed by atoms with Gasteiger partial charge < -0.3 is 19.9 Å². The molecule has 2 aliphatic rings. The maximum atomic E-state index is 15.4.